The summed E-state index contributed by atoms with van der Waals surface area (Å²) in [6.45, 7) is 5.54. The lowest BCUT2D eigenvalue weighted by atomic mass is 10.1. The number of rotatable bonds is 5. The number of hydrogen-bond acceptors (Lipinski definition) is 4. The molecular weight excluding hydrogens is 382 g/mol. The van der Waals surface area contributed by atoms with Crippen LogP contribution in [0.5, 0.6) is 0 Å². The summed E-state index contributed by atoms with van der Waals surface area (Å²) in [4.78, 5) is 33.2. The fourth-order valence-electron chi connectivity index (χ4n) is 3.76. The van der Waals surface area contributed by atoms with Crippen molar-refractivity contribution in [2.24, 2.45) is 0 Å². The number of thioether (sulfide) groups is 1. The number of aromatic nitrogens is 2. The number of likely N-dealkylation sites (tertiary alicyclic amines) is 1. The lowest BCUT2D eigenvalue weighted by Crippen LogP contribution is -2.32. The van der Waals surface area contributed by atoms with E-state index in [1.165, 1.54) is 11.8 Å². The first-order valence-corrected chi connectivity index (χ1v) is 11.0. The highest BCUT2D eigenvalue weighted by atomic mass is 32.2. The molecule has 0 spiro atoms. The molecule has 2 aromatic carbocycles. The van der Waals surface area contributed by atoms with Gasteiger partial charge in [-0.05, 0) is 44.4 Å². The van der Waals surface area contributed by atoms with E-state index in [-0.39, 0.29) is 17.5 Å². The SMILES string of the molecule is CC(C)n1c(SC(C(=O)N2CCCC2)c2ccccc2)nc2ccccc2c1=O. The summed E-state index contributed by atoms with van der Waals surface area (Å²) >= 11 is 1.38. The van der Waals surface area contributed by atoms with Crippen molar-refractivity contribution >= 4 is 28.6 Å². The smallest absolute Gasteiger partial charge is 0.262 e. The molecule has 29 heavy (non-hydrogen) atoms. The van der Waals surface area contributed by atoms with Gasteiger partial charge in [0.15, 0.2) is 5.16 Å². The molecule has 2 heterocycles. The molecule has 1 aliphatic heterocycles. The van der Waals surface area contributed by atoms with Crippen LogP contribution in [0.4, 0.5) is 0 Å². The van der Waals surface area contributed by atoms with E-state index in [9.17, 15) is 9.59 Å². The van der Waals surface area contributed by atoms with Crippen LogP contribution in [0.3, 0.4) is 0 Å². The van der Waals surface area contributed by atoms with Crippen molar-refractivity contribution < 1.29 is 4.79 Å². The van der Waals surface area contributed by atoms with Crippen LogP contribution in [0.2, 0.25) is 0 Å². The van der Waals surface area contributed by atoms with Gasteiger partial charge < -0.3 is 4.90 Å². The molecule has 1 saturated heterocycles. The quantitative estimate of drug-likeness (QED) is 0.464. The molecule has 0 aliphatic carbocycles. The second-order valence-electron chi connectivity index (χ2n) is 7.62. The summed E-state index contributed by atoms with van der Waals surface area (Å²) in [5.41, 5.74) is 1.54. The number of hydrogen-bond donors (Lipinski definition) is 0. The van der Waals surface area contributed by atoms with Gasteiger partial charge in [-0.15, -0.1) is 0 Å². The second kappa shape index (κ2) is 8.41. The van der Waals surface area contributed by atoms with Crippen LogP contribution in [-0.4, -0.2) is 33.4 Å². The third-order valence-electron chi connectivity index (χ3n) is 5.26. The first-order chi connectivity index (χ1) is 14.1. The van der Waals surface area contributed by atoms with Gasteiger partial charge in [-0.25, -0.2) is 4.98 Å². The molecule has 0 saturated carbocycles. The third kappa shape index (κ3) is 3.94. The Morgan fingerprint density at radius 2 is 1.66 bits per heavy atom. The first kappa shape index (κ1) is 19.7. The Labute approximate surface area is 174 Å². The van der Waals surface area contributed by atoms with E-state index in [0.717, 1.165) is 31.5 Å². The Kier molecular flexibility index (Phi) is 5.72. The normalized spacial score (nSPS) is 15.2. The minimum Gasteiger partial charge on any atom is -0.341 e. The summed E-state index contributed by atoms with van der Waals surface area (Å²) < 4.78 is 1.71. The number of carbonyl (C=O) groups is 1. The maximum absolute atomic E-state index is 13.4. The maximum Gasteiger partial charge on any atom is 0.262 e. The molecule has 1 amide bonds. The van der Waals surface area contributed by atoms with Gasteiger partial charge in [-0.2, -0.15) is 0 Å². The summed E-state index contributed by atoms with van der Waals surface area (Å²) in [6, 6.07) is 17.1. The zero-order valence-corrected chi connectivity index (χ0v) is 17.6. The van der Waals surface area contributed by atoms with Gasteiger partial charge in [0.1, 0.15) is 5.25 Å². The summed E-state index contributed by atoms with van der Waals surface area (Å²) in [5, 5.41) is 0.769. The van der Waals surface area contributed by atoms with E-state index < -0.39 is 5.25 Å². The highest BCUT2D eigenvalue weighted by Gasteiger charge is 2.30. The number of carbonyl (C=O) groups excluding carboxylic acids is 1. The van der Waals surface area contributed by atoms with Crippen molar-refractivity contribution in [3.63, 3.8) is 0 Å². The van der Waals surface area contributed by atoms with Crippen molar-refractivity contribution in [1.82, 2.24) is 14.5 Å². The second-order valence-corrected chi connectivity index (χ2v) is 8.69. The summed E-state index contributed by atoms with van der Waals surface area (Å²) in [5.74, 6) is 0.0939. The zero-order valence-electron chi connectivity index (χ0n) is 16.7. The van der Waals surface area contributed by atoms with Gasteiger partial charge in [-0.1, -0.05) is 54.2 Å². The van der Waals surface area contributed by atoms with E-state index in [0.29, 0.717) is 16.1 Å². The molecule has 1 atom stereocenters. The Hall–Kier alpha value is -2.60. The minimum atomic E-state index is -0.424. The summed E-state index contributed by atoms with van der Waals surface area (Å²) in [7, 11) is 0. The fraction of sp³-hybridized carbons (Fsp3) is 0.348. The van der Waals surface area contributed by atoms with Crippen LogP contribution >= 0.6 is 11.8 Å². The van der Waals surface area contributed by atoms with Crippen molar-refractivity contribution in [1.29, 1.82) is 0 Å². The van der Waals surface area contributed by atoms with Crippen LogP contribution in [0.25, 0.3) is 10.9 Å². The molecule has 4 rings (SSSR count). The molecule has 150 valence electrons. The monoisotopic (exact) mass is 407 g/mol. The average Bonchev–Trinajstić information content (AvgIpc) is 3.27. The molecule has 1 aliphatic rings. The molecule has 0 radical (unpaired) electrons. The highest BCUT2D eigenvalue weighted by Crippen LogP contribution is 2.37. The predicted octanol–water partition coefficient (Wildman–Crippen LogP) is 4.43. The number of fused-ring (bicyclic) bond motifs is 1. The molecule has 0 N–H and O–H groups in total. The van der Waals surface area contributed by atoms with Crippen LogP contribution < -0.4 is 5.56 Å². The van der Waals surface area contributed by atoms with Gasteiger partial charge in [0.05, 0.1) is 10.9 Å². The van der Waals surface area contributed by atoms with Gasteiger partial charge in [-0.3, -0.25) is 14.2 Å². The Balaban J connectivity index is 1.81. The topological polar surface area (TPSA) is 55.2 Å². The lowest BCUT2D eigenvalue weighted by molar-refractivity contribution is -0.129. The van der Waals surface area contributed by atoms with E-state index in [1.54, 1.807) is 4.57 Å². The number of benzene rings is 2. The molecule has 1 aromatic heterocycles. The Bertz CT molecular complexity index is 1070. The largest absolute Gasteiger partial charge is 0.341 e. The molecule has 6 heteroatoms. The van der Waals surface area contributed by atoms with Crippen molar-refractivity contribution in [3.05, 3.63) is 70.5 Å². The average molecular weight is 408 g/mol. The Morgan fingerprint density at radius 1 is 1.00 bits per heavy atom. The fourth-order valence-corrected chi connectivity index (χ4v) is 5.07. The van der Waals surface area contributed by atoms with E-state index >= 15 is 0 Å². The van der Waals surface area contributed by atoms with Crippen LogP contribution in [-0.2, 0) is 4.79 Å². The van der Waals surface area contributed by atoms with E-state index in [4.69, 9.17) is 4.98 Å². The number of amides is 1. The molecule has 1 unspecified atom stereocenters. The molecular formula is C23H25N3O2S. The van der Waals surface area contributed by atoms with Crippen molar-refractivity contribution in [3.8, 4) is 0 Å². The number of para-hydroxylation sites is 1. The zero-order chi connectivity index (χ0) is 20.4. The highest BCUT2D eigenvalue weighted by molar-refractivity contribution is 8.00. The first-order valence-electron chi connectivity index (χ1n) is 10.1. The molecule has 5 nitrogen and oxygen atoms in total. The van der Waals surface area contributed by atoms with Crippen LogP contribution in [0, 0.1) is 0 Å². The molecule has 1 fully saturated rings. The third-order valence-corrected chi connectivity index (χ3v) is 6.47. The molecule has 0 bridgehead atoms. The molecule has 3 aromatic rings. The maximum atomic E-state index is 13.4. The van der Waals surface area contributed by atoms with E-state index in [1.807, 2.05) is 73.3 Å². The number of nitrogens with zero attached hydrogens (tertiary/aromatic N) is 3. The Morgan fingerprint density at radius 3 is 2.34 bits per heavy atom. The van der Waals surface area contributed by atoms with Gasteiger partial charge in [0.2, 0.25) is 5.91 Å². The van der Waals surface area contributed by atoms with Gasteiger partial charge >= 0.3 is 0 Å². The predicted molar refractivity (Wildman–Crippen MR) is 117 cm³/mol. The van der Waals surface area contributed by atoms with E-state index in [2.05, 4.69) is 0 Å². The summed E-state index contributed by atoms with van der Waals surface area (Å²) in [6.07, 6.45) is 2.09. The minimum absolute atomic E-state index is 0.0552. The van der Waals surface area contributed by atoms with Gasteiger partial charge in [0, 0.05) is 19.1 Å². The van der Waals surface area contributed by atoms with Crippen LogP contribution in [0.15, 0.2) is 64.5 Å². The van der Waals surface area contributed by atoms with Crippen molar-refractivity contribution in [2.75, 3.05) is 13.1 Å². The van der Waals surface area contributed by atoms with Crippen molar-refractivity contribution in [2.45, 2.75) is 43.1 Å². The van der Waals surface area contributed by atoms with Crippen LogP contribution in [0.1, 0.15) is 43.5 Å². The lowest BCUT2D eigenvalue weighted by Gasteiger charge is -2.24. The van der Waals surface area contributed by atoms with Gasteiger partial charge in [0.25, 0.3) is 5.56 Å². The standard InChI is InChI=1S/C23H25N3O2S/c1-16(2)26-21(27)18-12-6-7-13-19(18)24-23(26)29-20(17-10-4-3-5-11-17)22(28)25-14-8-9-15-25/h3-7,10-13,16,20H,8-9,14-15H2,1-2H3.